The fourth-order valence-corrected chi connectivity index (χ4v) is 2.19. The van der Waals surface area contributed by atoms with E-state index in [0.29, 0.717) is 5.69 Å². The zero-order valence-corrected chi connectivity index (χ0v) is 10.1. The Bertz CT molecular complexity index is 743. The number of hydrogen-bond donors (Lipinski definition) is 0. The van der Waals surface area contributed by atoms with Crippen LogP contribution in [-0.4, -0.2) is 4.40 Å². The van der Waals surface area contributed by atoms with Crippen LogP contribution in [-0.2, 0) is 0 Å². The Morgan fingerprint density at radius 3 is 2.56 bits per heavy atom. The highest BCUT2D eigenvalue weighted by molar-refractivity contribution is 5.76. The lowest BCUT2D eigenvalue weighted by atomic mass is 10.0. The Balaban J connectivity index is 2.29. The van der Waals surface area contributed by atoms with Gasteiger partial charge in [0.25, 0.3) is 0 Å². The second-order valence-electron chi connectivity index (χ2n) is 4.38. The SMILES string of the molecule is Cc1ccc(-c2cc3ccccn3c2C#N)cc1. The summed E-state index contributed by atoms with van der Waals surface area (Å²) in [5.74, 6) is 0. The fraction of sp³-hybridized carbons (Fsp3) is 0.0625. The molecule has 86 valence electrons. The van der Waals surface area contributed by atoms with E-state index in [9.17, 15) is 5.26 Å². The third-order valence-electron chi connectivity index (χ3n) is 3.15. The van der Waals surface area contributed by atoms with E-state index in [2.05, 4.69) is 43.3 Å². The standard InChI is InChI=1S/C16H12N2/c1-12-5-7-13(8-6-12)15-10-14-4-2-3-9-18(14)16(15)11-17/h2-10H,1H3. The van der Waals surface area contributed by atoms with Gasteiger partial charge in [-0.15, -0.1) is 0 Å². The molecule has 0 N–H and O–H groups in total. The van der Waals surface area contributed by atoms with Crippen molar-refractivity contribution in [3.05, 3.63) is 66.0 Å². The van der Waals surface area contributed by atoms with Gasteiger partial charge in [0, 0.05) is 17.3 Å². The molecule has 18 heavy (non-hydrogen) atoms. The largest absolute Gasteiger partial charge is 0.308 e. The fourth-order valence-electron chi connectivity index (χ4n) is 2.19. The van der Waals surface area contributed by atoms with E-state index < -0.39 is 0 Å². The smallest absolute Gasteiger partial charge is 0.132 e. The molecule has 2 nitrogen and oxygen atoms in total. The summed E-state index contributed by atoms with van der Waals surface area (Å²) in [5.41, 5.74) is 5.03. The molecule has 1 aromatic carbocycles. The molecule has 0 bridgehead atoms. The molecular weight excluding hydrogens is 220 g/mol. The molecule has 2 heterocycles. The summed E-state index contributed by atoms with van der Waals surface area (Å²) in [7, 11) is 0. The first-order valence-electron chi connectivity index (χ1n) is 5.87. The van der Waals surface area contributed by atoms with Crippen LogP contribution in [0, 0.1) is 18.3 Å². The Labute approximate surface area is 106 Å². The summed E-state index contributed by atoms with van der Waals surface area (Å²) in [6.07, 6.45) is 1.92. The number of nitriles is 1. The topological polar surface area (TPSA) is 28.2 Å². The van der Waals surface area contributed by atoms with Crippen LogP contribution in [0.15, 0.2) is 54.7 Å². The second kappa shape index (κ2) is 4.05. The van der Waals surface area contributed by atoms with E-state index in [1.807, 2.05) is 28.8 Å². The number of pyridine rings is 1. The molecular formula is C16H12N2. The van der Waals surface area contributed by atoms with Crippen molar-refractivity contribution in [1.29, 1.82) is 5.26 Å². The van der Waals surface area contributed by atoms with E-state index in [4.69, 9.17) is 0 Å². The van der Waals surface area contributed by atoms with E-state index >= 15 is 0 Å². The van der Waals surface area contributed by atoms with Crippen LogP contribution in [0.1, 0.15) is 11.3 Å². The van der Waals surface area contributed by atoms with Crippen LogP contribution >= 0.6 is 0 Å². The molecule has 2 aromatic heterocycles. The van der Waals surface area contributed by atoms with Crippen LogP contribution in [0.25, 0.3) is 16.6 Å². The molecule has 3 aromatic rings. The monoisotopic (exact) mass is 232 g/mol. The van der Waals surface area contributed by atoms with Gasteiger partial charge in [-0.1, -0.05) is 35.9 Å². The summed E-state index contributed by atoms with van der Waals surface area (Å²) in [6.45, 7) is 2.06. The molecule has 0 aliphatic heterocycles. The summed E-state index contributed by atoms with van der Waals surface area (Å²) in [5, 5.41) is 9.35. The first-order valence-corrected chi connectivity index (χ1v) is 5.87. The second-order valence-corrected chi connectivity index (χ2v) is 4.38. The Hall–Kier alpha value is -2.53. The number of aromatic nitrogens is 1. The van der Waals surface area contributed by atoms with Gasteiger partial charge in [0.05, 0.1) is 0 Å². The van der Waals surface area contributed by atoms with Crippen LogP contribution in [0.4, 0.5) is 0 Å². The van der Waals surface area contributed by atoms with Crippen molar-refractivity contribution in [2.24, 2.45) is 0 Å². The predicted octanol–water partition coefficient (Wildman–Crippen LogP) is 3.79. The van der Waals surface area contributed by atoms with Crippen molar-refractivity contribution in [3.8, 4) is 17.2 Å². The maximum Gasteiger partial charge on any atom is 0.132 e. The minimum Gasteiger partial charge on any atom is -0.308 e. The number of benzene rings is 1. The third kappa shape index (κ3) is 1.57. The summed E-state index contributed by atoms with van der Waals surface area (Å²) in [6, 6.07) is 18.5. The van der Waals surface area contributed by atoms with E-state index in [-0.39, 0.29) is 0 Å². The van der Waals surface area contributed by atoms with Gasteiger partial charge in [0.15, 0.2) is 0 Å². The molecule has 0 unspecified atom stereocenters. The van der Waals surface area contributed by atoms with Crippen molar-refractivity contribution in [3.63, 3.8) is 0 Å². The van der Waals surface area contributed by atoms with Gasteiger partial charge in [-0.05, 0) is 30.7 Å². The third-order valence-corrected chi connectivity index (χ3v) is 3.15. The lowest BCUT2D eigenvalue weighted by molar-refractivity contribution is 1.16. The van der Waals surface area contributed by atoms with E-state index in [1.54, 1.807) is 0 Å². The number of nitrogens with zero attached hydrogens (tertiary/aromatic N) is 2. The zero-order chi connectivity index (χ0) is 12.5. The van der Waals surface area contributed by atoms with Crippen LogP contribution < -0.4 is 0 Å². The maximum atomic E-state index is 9.35. The maximum absolute atomic E-state index is 9.35. The summed E-state index contributed by atoms with van der Waals surface area (Å²) in [4.78, 5) is 0. The Kier molecular flexibility index (Phi) is 2.39. The van der Waals surface area contributed by atoms with Crippen molar-refractivity contribution >= 4 is 5.52 Å². The van der Waals surface area contributed by atoms with Crippen molar-refractivity contribution in [1.82, 2.24) is 4.40 Å². The molecule has 3 rings (SSSR count). The average Bonchev–Trinajstić information content (AvgIpc) is 2.78. The van der Waals surface area contributed by atoms with Crippen molar-refractivity contribution in [2.45, 2.75) is 6.92 Å². The van der Waals surface area contributed by atoms with Crippen molar-refractivity contribution < 1.29 is 0 Å². The lowest BCUT2D eigenvalue weighted by Crippen LogP contribution is -1.87. The molecule has 0 saturated carbocycles. The molecule has 0 fully saturated rings. The molecule has 0 aliphatic rings. The minimum atomic E-state index is 0.689. The van der Waals surface area contributed by atoms with Crippen LogP contribution in [0.2, 0.25) is 0 Å². The quantitative estimate of drug-likeness (QED) is 0.627. The molecule has 0 atom stereocenters. The van der Waals surface area contributed by atoms with Gasteiger partial charge >= 0.3 is 0 Å². The number of rotatable bonds is 1. The van der Waals surface area contributed by atoms with Gasteiger partial charge in [-0.3, -0.25) is 0 Å². The molecule has 0 aliphatic carbocycles. The molecule has 0 saturated heterocycles. The highest BCUT2D eigenvalue weighted by Crippen LogP contribution is 2.27. The number of fused-ring (bicyclic) bond motifs is 1. The molecule has 0 radical (unpaired) electrons. The molecule has 0 amide bonds. The number of hydrogen-bond acceptors (Lipinski definition) is 1. The van der Waals surface area contributed by atoms with Crippen LogP contribution in [0.5, 0.6) is 0 Å². The van der Waals surface area contributed by atoms with Crippen molar-refractivity contribution in [2.75, 3.05) is 0 Å². The van der Waals surface area contributed by atoms with Gasteiger partial charge in [-0.2, -0.15) is 5.26 Å². The Morgan fingerprint density at radius 2 is 1.83 bits per heavy atom. The van der Waals surface area contributed by atoms with Gasteiger partial charge < -0.3 is 4.40 Å². The normalized spacial score (nSPS) is 10.4. The zero-order valence-electron chi connectivity index (χ0n) is 10.1. The minimum absolute atomic E-state index is 0.689. The van der Waals surface area contributed by atoms with E-state index in [1.165, 1.54) is 5.56 Å². The van der Waals surface area contributed by atoms with Gasteiger partial charge in [0.2, 0.25) is 0 Å². The van der Waals surface area contributed by atoms with Gasteiger partial charge in [-0.25, -0.2) is 0 Å². The van der Waals surface area contributed by atoms with E-state index in [0.717, 1.165) is 16.6 Å². The first-order chi connectivity index (χ1) is 8.79. The Morgan fingerprint density at radius 1 is 1.06 bits per heavy atom. The highest BCUT2D eigenvalue weighted by atomic mass is 14.9. The lowest BCUT2D eigenvalue weighted by Gasteiger charge is -2.00. The predicted molar refractivity (Wildman–Crippen MR) is 72.3 cm³/mol. The highest BCUT2D eigenvalue weighted by Gasteiger charge is 2.10. The molecule has 2 heteroatoms. The van der Waals surface area contributed by atoms with Crippen LogP contribution in [0.3, 0.4) is 0 Å². The number of aryl methyl sites for hydroxylation is 1. The first kappa shape index (κ1) is 10.6. The average molecular weight is 232 g/mol. The van der Waals surface area contributed by atoms with Gasteiger partial charge in [0.1, 0.15) is 11.8 Å². The molecule has 0 spiro atoms. The summed E-state index contributed by atoms with van der Waals surface area (Å²) < 4.78 is 1.93. The summed E-state index contributed by atoms with van der Waals surface area (Å²) >= 11 is 0.